The SMILES string of the molecule is N#CCCN1CC(c2cc(Br)cs2)NC1=O. The van der Waals surface area contributed by atoms with Crippen LogP contribution in [0.4, 0.5) is 4.79 Å². The van der Waals surface area contributed by atoms with Gasteiger partial charge in [0.05, 0.1) is 18.5 Å². The molecule has 1 aromatic rings. The molecule has 1 atom stereocenters. The molecule has 4 nitrogen and oxygen atoms in total. The molecule has 1 aliphatic heterocycles. The molecule has 0 saturated carbocycles. The largest absolute Gasteiger partial charge is 0.329 e. The van der Waals surface area contributed by atoms with Gasteiger partial charge >= 0.3 is 6.03 Å². The number of nitrogens with zero attached hydrogens (tertiary/aromatic N) is 2. The normalized spacial score (nSPS) is 19.6. The Hall–Kier alpha value is -1.06. The molecule has 0 aromatic carbocycles. The van der Waals surface area contributed by atoms with E-state index in [9.17, 15) is 4.79 Å². The minimum absolute atomic E-state index is 0.0579. The lowest BCUT2D eigenvalue weighted by molar-refractivity contribution is 0.218. The van der Waals surface area contributed by atoms with E-state index in [-0.39, 0.29) is 12.1 Å². The molecule has 84 valence electrons. The molecule has 1 aliphatic rings. The average Bonchev–Trinajstić information content (AvgIpc) is 2.82. The van der Waals surface area contributed by atoms with E-state index < -0.39 is 0 Å². The second-order valence-corrected chi connectivity index (χ2v) is 5.38. The number of nitriles is 1. The van der Waals surface area contributed by atoms with Crippen LogP contribution in [0.3, 0.4) is 0 Å². The molecule has 1 N–H and O–H groups in total. The fourth-order valence-electron chi connectivity index (χ4n) is 1.64. The summed E-state index contributed by atoms with van der Waals surface area (Å²) in [6.07, 6.45) is 0.383. The first-order chi connectivity index (χ1) is 7.70. The van der Waals surface area contributed by atoms with E-state index in [0.29, 0.717) is 19.5 Å². The predicted molar refractivity (Wildman–Crippen MR) is 65.1 cm³/mol. The number of nitrogens with one attached hydrogen (secondary N) is 1. The third-order valence-corrected chi connectivity index (χ3v) is 4.22. The smallest absolute Gasteiger partial charge is 0.318 e. The van der Waals surface area contributed by atoms with E-state index in [1.807, 2.05) is 17.5 Å². The molecule has 0 radical (unpaired) electrons. The highest BCUT2D eigenvalue weighted by atomic mass is 79.9. The molecule has 2 rings (SSSR count). The average molecular weight is 300 g/mol. The highest BCUT2D eigenvalue weighted by Gasteiger charge is 2.29. The van der Waals surface area contributed by atoms with Gasteiger partial charge in [-0.3, -0.25) is 0 Å². The minimum atomic E-state index is -0.0789. The summed E-state index contributed by atoms with van der Waals surface area (Å²) in [5, 5.41) is 13.4. The molecule has 0 spiro atoms. The van der Waals surface area contributed by atoms with Crippen LogP contribution in [0.2, 0.25) is 0 Å². The van der Waals surface area contributed by atoms with E-state index in [1.54, 1.807) is 16.2 Å². The van der Waals surface area contributed by atoms with E-state index in [2.05, 4.69) is 21.2 Å². The first-order valence-electron chi connectivity index (χ1n) is 4.87. The molecular weight excluding hydrogens is 290 g/mol. The molecule has 0 aliphatic carbocycles. The fraction of sp³-hybridized carbons (Fsp3) is 0.400. The van der Waals surface area contributed by atoms with Gasteiger partial charge in [0, 0.05) is 27.8 Å². The second-order valence-electron chi connectivity index (χ2n) is 3.52. The van der Waals surface area contributed by atoms with Gasteiger partial charge in [-0.25, -0.2) is 4.79 Å². The van der Waals surface area contributed by atoms with Crippen molar-refractivity contribution in [2.45, 2.75) is 12.5 Å². The Balaban J connectivity index is 2.01. The van der Waals surface area contributed by atoms with Gasteiger partial charge in [0.15, 0.2) is 0 Å². The van der Waals surface area contributed by atoms with Gasteiger partial charge in [0.1, 0.15) is 0 Å². The van der Waals surface area contributed by atoms with Crippen LogP contribution in [0.15, 0.2) is 15.9 Å². The van der Waals surface area contributed by atoms with Gasteiger partial charge in [-0.05, 0) is 22.0 Å². The standard InChI is InChI=1S/C10H10BrN3OS/c11-7-4-9(16-6-7)8-5-14(3-1-2-12)10(15)13-8/h4,6,8H,1,3,5H2,(H,13,15). The van der Waals surface area contributed by atoms with Crippen LogP contribution in [0.1, 0.15) is 17.3 Å². The Labute approximate surface area is 106 Å². The predicted octanol–water partition coefficient (Wildman–Crippen LogP) is 2.49. The van der Waals surface area contributed by atoms with E-state index in [1.165, 1.54) is 0 Å². The summed E-state index contributed by atoms with van der Waals surface area (Å²) in [6, 6.07) is 4.04. The number of hydrogen-bond donors (Lipinski definition) is 1. The lowest BCUT2D eigenvalue weighted by Crippen LogP contribution is -2.28. The van der Waals surface area contributed by atoms with E-state index in [4.69, 9.17) is 5.26 Å². The second kappa shape index (κ2) is 4.85. The first kappa shape index (κ1) is 11.4. The molecule has 2 amide bonds. The number of carbonyl (C=O) groups excluding carboxylic acids is 1. The minimum Gasteiger partial charge on any atom is -0.329 e. The fourth-order valence-corrected chi connectivity index (χ4v) is 3.13. The molecule has 2 heterocycles. The number of urea groups is 1. The zero-order chi connectivity index (χ0) is 11.5. The molecule has 1 fully saturated rings. The van der Waals surface area contributed by atoms with Crippen LogP contribution in [0.25, 0.3) is 0 Å². The van der Waals surface area contributed by atoms with E-state index >= 15 is 0 Å². The van der Waals surface area contributed by atoms with Gasteiger partial charge in [-0.1, -0.05) is 0 Å². The van der Waals surface area contributed by atoms with Gasteiger partial charge in [0.25, 0.3) is 0 Å². The van der Waals surface area contributed by atoms with Crippen molar-refractivity contribution in [3.8, 4) is 6.07 Å². The molecule has 1 unspecified atom stereocenters. The Morgan fingerprint density at radius 2 is 2.56 bits per heavy atom. The van der Waals surface area contributed by atoms with Crippen molar-refractivity contribution in [3.63, 3.8) is 0 Å². The Kier molecular flexibility index (Phi) is 3.46. The van der Waals surface area contributed by atoms with Crippen molar-refractivity contribution in [2.75, 3.05) is 13.1 Å². The maximum atomic E-state index is 11.6. The molecular formula is C10H10BrN3OS. The van der Waals surface area contributed by atoms with Crippen LogP contribution in [0, 0.1) is 11.3 Å². The van der Waals surface area contributed by atoms with Crippen LogP contribution < -0.4 is 5.32 Å². The quantitative estimate of drug-likeness (QED) is 0.932. The number of halogens is 1. The molecule has 1 aromatic heterocycles. The maximum Gasteiger partial charge on any atom is 0.318 e. The number of hydrogen-bond acceptors (Lipinski definition) is 3. The number of carbonyl (C=O) groups is 1. The molecule has 16 heavy (non-hydrogen) atoms. The van der Waals surface area contributed by atoms with Crippen molar-refractivity contribution in [1.82, 2.24) is 10.2 Å². The van der Waals surface area contributed by atoms with Crippen LogP contribution in [-0.2, 0) is 0 Å². The summed E-state index contributed by atoms with van der Waals surface area (Å²) in [4.78, 5) is 14.4. The monoisotopic (exact) mass is 299 g/mol. The summed E-state index contributed by atoms with van der Waals surface area (Å²) in [6.45, 7) is 1.15. The molecule has 6 heteroatoms. The van der Waals surface area contributed by atoms with Crippen molar-refractivity contribution < 1.29 is 4.79 Å². The molecule has 1 saturated heterocycles. The summed E-state index contributed by atoms with van der Waals surface area (Å²) in [7, 11) is 0. The maximum absolute atomic E-state index is 11.6. The number of rotatable bonds is 3. The van der Waals surface area contributed by atoms with Crippen molar-refractivity contribution in [1.29, 1.82) is 5.26 Å². The van der Waals surface area contributed by atoms with Crippen LogP contribution in [0.5, 0.6) is 0 Å². The summed E-state index contributed by atoms with van der Waals surface area (Å²) < 4.78 is 1.04. The van der Waals surface area contributed by atoms with Crippen LogP contribution >= 0.6 is 27.3 Å². The highest BCUT2D eigenvalue weighted by Crippen LogP contribution is 2.28. The Morgan fingerprint density at radius 3 is 3.19 bits per heavy atom. The van der Waals surface area contributed by atoms with E-state index in [0.717, 1.165) is 9.35 Å². The summed E-state index contributed by atoms with van der Waals surface area (Å²) >= 11 is 5.01. The summed E-state index contributed by atoms with van der Waals surface area (Å²) in [5.41, 5.74) is 0. The topological polar surface area (TPSA) is 56.1 Å². The lowest BCUT2D eigenvalue weighted by Gasteiger charge is -2.11. The highest BCUT2D eigenvalue weighted by molar-refractivity contribution is 9.10. The lowest BCUT2D eigenvalue weighted by atomic mass is 10.2. The first-order valence-corrected chi connectivity index (χ1v) is 6.54. The molecule has 0 bridgehead atoms. The zero-order valence-electron chi connectivity index (χ0n) is 8.44. The van der Waals surface area contributed by atoms with Gasteiger partial charge in [-0.15, -0.1) is 11.3 Å². The van der Waals surface area contributed by atoms with Gasteiger partial charge < -0.3 is 10.2 Å². The Bertz CT molecular complexity index is 440. The third kappa shape index (κ3) is 2.36. The van der Waals surface area contributed by atoms with Crippen molar-refractivity contribution in [2.24, 2.45) is 0 Å². The summed E-state index contributed by atoms with van der Waals surface area (Å²) in [5.74, 6) is 0. The van der Waals surface area contributed by atoms with Crippen molar-refractivity contribution >= 4 is 33.3 Å². The zero-order valence-corrected chi connectivity index (χ0v) is 10.8. The number of amides is 2. The van der Waals surface area contributed by atoms with Crippen LogP contribution in [-0.4, -0.2) is 24.0 Å². The van der Waals surface area contributed by atoms with Gasteiger partial charge in [-0.2, -0.15) is 5.26 Å². The number of thiophene rings is 1. The van der Waals surface area contributed by atoms with Crippen molar-refractivity contribution in [3.05, 3.63) is 20.8 Å². The third-order valence-electron chi connectivity index (χ3n) is 2.41. The van der Waals surface area contributed by atoms with Gasteiger partial charge in [0.2, 0.25) is 0 Å². The Morgan fingerprint density at radius 1 is 1.75 bits per heavy atom.